The summed E-state index contributed by atoms with van der Waals surface area (Å²) in [5, 5.41) is 12.2. The Bertz CT molecular complexity index is 570. The lowest BCUT2D eigenvalue weighted by Gasteiger charge is -2.13. The molecule has 0 saturated heterocycles. The number of aliphatic imine (C=N–C) groups is 1. The van der Waals surface area contributed by atoms with Crippen LogP contribution in [0.15, 0.2) is 29.3 Å². The number of benzene rings is 1. The molecule has 2 amide bonds. The summed E-state index contributed by atoms with van der Waals surface area (Å²) >= 11 is 0. The number of rotatable bonds is 10. The molecule has 0 atom stereocenters. The molecule has 1 aromatic carbocycles. The van der Waals surface area contributed by atoms with Crippen LogP contribution in [0.1, 0.15) is 39.7 Å². The highest BCUT2D eigenvalue weighted by atomic mass is 16.5. The van der Waals surface area contributed by atoms with Gasteiger partial charge in [0.2, 0.25) is 0 Å². The van der Waals surface area contributed by atoms with Gasteiger partial charge in [-0.05, 0) is 43.9 Å². The summed E-state index contributed by atoms with van der Waals surface area (Å²) in [7, 11) is 1.75. The minimum absolute atomic E-state index is 0.106. The topological polar surface area (TPSA) is 86.8 Å². The average molecular weight is 378 g/mol. The largest absolute Gasteiger partial charge is 0.381 e. The van der Waals surface area contributed by atoms with Crippen molar-refractivity contribution in [3.8, 4) is 0 Å². The Balaban J connectivity index is 2.29. The zero-order valence-corrected chi connectivity index (χ0v) is 17.3. The van der Waals surface area contributed by atoms with Gasteiger partial charge in [-0.15, -0.1) is 0 Å². The van der Waals surface area contributed by atoms with Crippen LogP contribution in [-0.2, 0) is 11.3 Å². The van der Waals surface area contributed by atoms with E-state index in [-0.39, 0.29) is 12.1 Å². The quantitative estimate of drug-likeness (QED) is 0.287. The zero-order chi connectivity index (χ0) is 20.1. The van der Waals surface area contributed by atoms with Crippen molar-refractivity contribution in [3.05, 3.63) is 29.8 Å². The van der Waals surface area contributed by atoms with Crippen LogP contribution in [0.2, 0.25) is 0 Å². The molecule has 7 nitrogen and oxygen atoms in total. The molecule has 7 heteroatoms. The zero-order valence-electron chi connectivity index (χ0n) is 17.3. The molecule has 0 fully saturated rings. The first-order valence-electron chi connectivity index (χ1n) is 9.59. The van der Waals surface area contributed by atoms with Gasteiger partial charge in [0, 0.05) is 45.1 Å². The summed E-state index contributed by atoms with van der Waals surface area (Å²) < 4.78 is 5.56. The molecule has 0 heterocycles. The SMILES string of the molecule is CN=C(NCCCOCC(C)C)NCc1ccc(NC(=O)NC(C)C)cc1. The van der Waals surface area contributed by atoms with Crippen LogP contribution in [-0.4, -0.2) is 44.8 Å². The molecule has 0 aliphatic heterocycles. The van der Waals surface area contributed by atoms with Crippen LogP contribution in [0.3, 0.4) is 0 Å². The fourth-order valence-corrected chi connectivity index (χ4v) is 2.24. The van der Waals surface area contributed by atoms with E-state index in [2.05, 4.69) is 40.1 Å². The van der Waals surface area contributed by atoms with Gasteiger partial charge in [0.15, 0.2) is 5.96 Å². The predicted octanol–water partition coefficient (Wildman–Crippen LogP) is 2.94. The molecule has 0 aromatic heterocycles. The van der Waals surface area contributed by atoms with Gasteiger partial charge >= 0.3 is 6.03 Å². The van der Waals surface area contributed by atoms with Gasteiger partial charge < -0.3 is 26.0 Å². The van der Waals surface area contributed by atoms with Gasteiger partial charge in [-0.1, -0.05) is 26.0 Å². The number of urea groups is 1. The minimum atomic E-state index is -0.196. The summed E-state index contributed by atoms with van der Waals surface area (Å²) in [5.41, 5.74) is 1.87. The summed E-state index contributed by atoms with van der Waals surface area (Å²) in [5.74, 6) is 1.33. The molecule has 152 valence electrons. The first-order chi connectivity index (χ1) is 12.9. The first kappa shape index (κ1) is 22.8. The van der Waals surface area contributed by atoms with Crippen molar-refractivity contribution in [2.75, 3.05) is 32.1 Å². The predicted molar refractivity (Wildman–Crippen MR) is 112 cm³/mol. The van der Waals surface area contributed by atoms with Crippen molar-refractivity contribution in [1.29, 1.82) is 0 Å². The highest BCUT2D eigenvalue weighted by Gasteiger charge is 2.04. The number of nitrogens with one attached hydrogen (secondary N) is 4. The lowest BCUT2D eigenvalue weighted by molar-refractivity contribution is 0.108. The van der Waals surface area contributed by atoms with E-state index in [4.69, 9.17) is 4.74 Å². The second-order valence-electron chi connectivity index (χ2n) is 7.12. The minimum Gasteiger partial charge on any atom is -0.381 e. The average Bonchev–Trinajstić information content (AvgIpc) is 2.60. The maximum absolute atomic E-state index is 11.7. The van der Waals surface area contributed by atoms with E-state index < -0.39 is 0 Å². The molecule has 0 unspecified atom stereocenters. The fourth-order valence-electron chi connectivity index (χ4n) is 2.24. The Kier molecular flexibility index (Phi) is 10.9. The molecule has 0 saturated carbocycles. The third-order valence-electron chi connectivity index (χ3n) is 3.52. The molecule has 0 bridgehead atoms. The number of guanidine groups is 1. The monoisotopic (exact) mass is 377 g/mol. The van der Waals surface area contributed by atoms with Crippen molar-refractivity contribution in [2.24, 2.45) is 10.9 Å². The second-order valence-corrected chi connectivity index (χ2v) is 7.12. The van der Waals surface area contributed by atoms with E-state index in [1.54, 1.807) is 7.05 Å². The van der Waals surface area contributed by atoms with E-state index in [9.17, 15) is 4.79 Å². The van der Waals surface area contributed by atoms with Crippen molar-refractivity contribution in [1.82, 2.24) is 16.0 Å². The normalized spacial score (nSPS) is 11.6. The van der Waals surface area contributed by atoms with Gasteiger partial charge in [0.25, 0.3) is 0 Å². The number of carbonyl (C=O) groups excluding carboxylic acids is 1. The van der Waals surface area contributed by atoms with E-state index in [0.717, 1.165) is 43.4 Å². The van der Waals surface area contributed by atoms with Crippen LogP contribution in [0, 0.1) is 5.92 Å². The maximum Gasteiger partial charge on any atom is 0.319 e. The molecular weight excluding hydrogens is 342 g/mol. The Hall–Kier alpha value is -2.28. The Labute approximate surface area is 163 Å². The molecule has 4 N–H and O–H groups in total. The van der Waals surface area contributed by atoms with E-state index >= 15 is 0 Å². The van der Waals surface area contributed by atoms with E-state index in [1.807, 2.05) is 38.1 Å². The fraction of sp³-hybridized carbons (Fsp3) is 0.600. The van der Waals surface area contributed by atoms with Gasteiger partial charge in [-0.2, -0.15) is 0 Å². The van der Waals surface area contributed by atoms with Gasteiger partial charge in [-0.3, -0.25) is 4.99 Å². The number of anilines is 1. The van der Waals surface area contributed by atoms with Crippen LogP contribution < -0.4 is 21.3 Å². The highest BCUT2D eigenvalue weighted by Crippen LogP contribution is 2.09. The van der Waals surface area contributed by atoms with Crippen LogP contribution >= 0.6 is 0 Å². The van der Waals surface area contributed by atoms with Gasteiger partial charge in [-0.25, -0.2) is 4.79 Å². The Morgan fingerprint density at radius 3 is 2.41 bits per heavy atom. The van der Waals surface area contributed by atoms with E-state index in [1.165, 1.54) is 0 Å². The number of carbonyl (C=O) groups is 1. The molecule has 1 rings (SSSR count). The van der Waals surface area contributed by atoms with Crippen molar-refractivity contribution in [3.63, 3.8) is 0 Å². The summed E-state index contributed by atoms with van der Waals surface area (Å²) in [6.07, 6.45) is 0.937. The van der Waals surface area contributed by atoms with Gasteiger partial charge in [0.1, 0.15) is 0 Å². The number of hydrogen-bond donors (Lipinski definition) is 4. The van der Waals surface area contributed by atoms with Crippen molar-refractivity contribution < 1.29 is 9.53 Å². The van der Waals surface area contributed by atoms with E-state index in [0.29, 0.717) is 12.5 Å². The molecule has 27 heavy (non-hydrogen) atoms. The second kappa shape index (κ2) is 13.0. The van der Waals surface area contributed by atoms with Crippen LogP contribution in [0.25, 0.3) is 0 Å². The Morgan fingerprint density at radius 2 is 1.81 bits per heavy atom. The van der Waals surface area contributed by atoms with Gasteiger partial charge in [0.05, 0.1) is 0 Å². The highest BCUT2D eigenvalue weighted by molar-refractivity contribution is 5.89. The molecule has 0 radical (unpaired) electrons. The molecule has 0 spiro atoms. The molecule has 0 aliphatic rings. The summed E-state index contributed by atoms with van der Waals surface area (Å²) in [6.45, 7) is 11.2. The van der Waals surface area contributed by atoms with Crippen molar-refractivity contribution >= 4 is 17.7 Å². The van der Waals surface area contributed by atoms with Crippen molar-refractivity contribution in [2.45, 2.75) is 46.7 Å². The Morgan fingerprint density at radius 1 is 1.11 bits per heavy atom. The summed E-state index contributed by atoms with van der Waals surface area (Å²) in [6, 6.07) is 7.64. The third kappa shape index (κ3) is 11.1. The third-order valence-corrected chi connectivity index (χ3v) is 3.52. The van der Waals surface area contributed by atoms with Crippen LogP contribution in [0.4, 0.5) is 10.5 Å². The first-order valence-corrected chi connectivity index (χ1v) is 9.59. The number of amides is 2. The smallest absolute Gasteiger partial charge is 0.319 e. The number of hydrogen-bond acceptors (Lipinski definition) is 3. The molecular formula is C20H35N5O2. The lowest BCUT2D eigenvalue weighted by Crippen LogP contribution is -2.37. The standard InChI is InChI=1S/C20H35N5O2/c1-15(2)14-27-12-6-11-22-19(21-5)23-13-17-7-9-18(10-8-17)25-20(26)24-16(3)4/h7-10,15-16H,6,11-14H2,1-5H3,(H2,21,22,23)(H2,24,25,26). The summed E-state index contributed by atoms with van der Waals surface area (Å²) in [4.78, 5) is 15.9. The number of ether oxygens (including phenoxy) is 1. The number of nitrogens with zero attached hydrogens (tertiary/aromatic N) is 1. The molecule has 0 aliphatic carbocycles. The lowest BCUT2D eigenvalue weighted by atomic mass is 10.2. The molecule has 1 aromatic rings. The van der Waals surface area contributed by atoms with Crippen LogP contribution in [0.5, 0.6) is 0 Å². The maximum atomic E-state index is 11.7.